The van der Waals surface area contributed by atoms with Crippen LogP contribution in [0.15, 0.2) is 76.8 Å². The third-order valence-electron chi connectivity index (χ3n) is 4.77. The Bertz CT molecular complexity index is 1290. The summed E-state index contributed by atoms with van der Waals surface area (Å²) in [6.07, 6.45) is 1.33. The molecular formula is C24H15BrClFN2O4. The molecule has 1 saturated heterocycles. The summed E-state index contributed by atoms with van der Waals surface area (Å²) in [5.74, 6) is -2.00. The van der Waals surface area contributed by atoms with Gasteiger partial charge in [-0.05, 0) is 69.5 Å². The maximum atomic E-state index is 14.2. The predicted molar refractivity (Wildman–Crippen MR) is 125 cm³/mol. The van der Waals surface area contributed by atoms with E-state index in [-0.39, 0.29) is 11.3 Å². The lowest BCUT2D eigenvalue weighted by atomic mass is 10.1. The molecule has 3 aromatic rings. The Kier molecular flexibility index (Phi) is 6.57. The molecule has 4 rings (SSSR count). The van der Waals surface area contributed by atoms with Gasteiger partial charge in [-0.3, -0.25) is 14.9 Å². The van der Waals surface area contributed by atoms with Crippen molar-refractivity contribution in [1.82, 2.24) is 5.32 Å². The lowest BCUT2D eigenvalue weighted by molar-refractivity contribution is -0.122. The average Bonchev–Trinajstić information content (AvgIpc) is 2.78. The largest absolute Gasteiger partial charge is 0.488 e. The summed E-state index contributed by atoms with van der Waals surface area (Å²) >= 11 is 9.31. The second kappa shape index (κ2) is 9.56. The predicted octanol–water partition coefficient (Wildman–Crippen LogP) is 5.49. The van der Waals surface area contributed by atoms with Crippen LogP contribution in [0.25, 0.3) is 6.08 Å². The molecule has 0 unspecified atom stereocenters. The Morgan fingerprint density at radius 2 is 1.76 bits per heavy atom. The van der Waals surface area contributed by atoms with Gasteiger partial charge in [0.25, 0.3) is 11.8 Å². The number of nitrogens with one attached hydrogen (secondary N) is 1. The van der Waals surface area contributed by atoms with E-state index < -0.39 is 23.7 Å². The number of urea groups is 1. The Balaban J connectivity index is 1.57. The van der Waals surface area contributed by atoms with Crippen LogP contribution in [0.5, 0.6) is 5.75 Å². The number of carbonyl (C=O) groups excluding carboxylic acids is 3. The molecule has 0 aliphatic carbocycles. The molecule has 33 heavy (non-hydrogen) atoms. The van der Waals surface area contributed by atoms with Crippen molar-refractivity contribution in [2.45, 2.75) is 6.61 Å². The molecule has 9 heteroatoms. The first-order chi connectivity index (χ1) is 15.8. The van der Waals surface area contributed by atoms with Crippen molar-refractivity contribution in [2.24, 2.45) is 0 Å². The van der Waals surface area contributed by atoms with E-state index in [2.05, 4.69) is 21.2 Å². The molecule has 3 aromatic carbocycles. The van der Waals surface area contributed by atoms with E-state index in [1.807, 2.05) is 12.1 Å². The zero-order chi connectivity index (χ0) is 23.5. The minimum atomic E-state index is -1.01. The highest BCUT2D eigenvalue weighted by molar-refractivity contribution is 9.10. The molecule has 1 aliphatic rings. The van der Waals surface area contributed by atoms with Gasteiger partial charge in [0.2, 0.25) is 0 Å². The normalized spacial score (nSPS) is 15.1. The lowest BCUT2D eigenvalue weighted by Gasteiger charge is -2.26. The van der Waals surface area contributed by atoms with Crippen molar-refractivity contribution < 1.29 is 23.5 Å². The number of benzene rings is 3. The summed E-state index contributed by atoms with van der Waals surface area (Å²) in [5, 5.41) is 2.70. The molecule has 4 amide bonds. The minimum absolute atomic E-state index is 0.245. The fourth-order valence-electron chi connectivity index (χ4n) is 3.14. The van der Waals surface area contributed by atoms with Gasteiger partial charge >= 0.3 is 6.03 Å². The molecular weight excluding hydrogens is 515 g/mol. The van der Waals surface area contributed by atoms with Gasteiger partial charge < -0.3 is 4.74 Å². The highest BCUT2D eigenvalue weighted by Crippen LogP contribution is 2.29. The maximum absolute atomic E-state index is 14.2. The van der Waals surface area contributed by atoms with Gasteiger partial charge in [-0.15, -0.1) is 0 Å². The molecule has 0 radical (unpaired) electrons. The van der Waals surface area contributed by atoms with Crippen LogP contribution in [0.4, 0.5) is 14.9 Å². The summed E-state index contributed by atoms with van der Waals surface area (Å²) in [5.41, 5.74) is 0.882. The van der Waals surface area contributed by atoms with Crippen LogP contribution in [0.1, 0.15) is 11.1 Å². The molecule has 0 atom stereocenters. The van der Waals surface area contributed by atoms with E-state index in [9.17, 15) is 18.8 Å². The van der Waals surface area contributed by atoms with Crippen LogP contribution in [-0.4, -0.2) is 17.8 Å². The molecule has 1 fully saturated rings. The van der Waals surface area contributed by atoms with E-state index in [4.69, 9.17) is 16.3 Å². The van der Waals surface area contributed by atoms with E-state index in [0.717, 1.165) is 11.6 Å². The number of halogens is 3. The number of hydrogen-bond donors (Lipinski definition) is 1. The molecule has 1 N–H and O–H groups in total. The average molecular weight is 530 g/mol. The first-order valence-corrected chi connectivity index (χ1v) is 10.8. The van der Waals surface area contributed by atoms with Crippen molar-refractivity contribution in [3.8, 4) is 5.75 Å². The smallest absolute Gasteiger partial charge is 0.336 e. The summed E-state index contributed by atoms with van der Waals surface area (Å²) in [4.78, 5) is 38.0. The molecule has 0 spiro atoms. The Hall–Kier alpha value is -3.49. The number of barbiturate groups is 1. The molecule has 1 heterocycles. The first-order valence-electron chi connectivity index (χ1n) is 9.66. The van der Waals surface area contributed by atoms with Gasteiger partial charge in [-0.2, -0.15) is 0 Å². The fourth-order valence-corrected chi connectivity index (χ4v) is 3.78. The number of ether oxygens (including phenoxy) is 1. The summed E-state index contributed by atoms with van der Waals surface area (Å²) < 4.78 is 20.6. The van der Waals surface area contributed by atoms with Gasteiger partial charge in [-0.1, -0.05) is 41.9 Å². The van der Waals surface area contributed by atoms with E-state index in [1.54, 1.807) is 30.3 Å². The quantitative estimate of drug-likeness (QED) is 0.350. The highest BCUT2D eigenvalue weighted by Gasteiger charge is 2.37. The Morgan fingerprint density at radius 1 is 1.03 bits per heavy atom. The van der Waals surface area contributed by atoms with Gasteiger partial charge in [0, 0.05) is 5.02 Å². The van der Waals surface area contributed by atoms with Crippen molar-refractivity contribution in [1.29, 1.82) is 0 Å². The monoisotopic (exact) mass is 528 g/mol. The number of nitrogens with zero attached hydrogens (tertiary/aromatic N) is 1. The van der Waals surface area contributed by atoms with Gasteiger partial charge in [-0.25, -0.2) is 14.1 Å². The third-order valence-corrected chi connectivity index (χ3v) is 5.64. The number of carbonyl (C=O) groups is 3. The van der Waals surface area contributed by atoms with E-state index in [0.29, 0.717) is 32.3 Å². The van der Waals surface area contributed by atoms with Gasteiger partial charge in [0.15, 0.2) is 0 Å². The van der Waals surface area contributed by atoms with Crippen molar-refractivity contribution in [3.05, 3.63) is 98.7 Å². The van der Waals surface area contributed by atoms with Crippen LogP contribution in [0.2, 0.25) is 5.02 Å². The highest BCUT2D eigenvalue weighted by atomic mass is 79.9. The topological polar surface area (TPSA) is 75.7 Å². The molecule has 6 nitrogen and oxygen atoms in total. The fraction of sp³-hybridized carbons (Fsp3) is 0.0417. The first kappa shape index (κ1) is 22.7. The Labute approximate surface area is 201 Å². The number of hydrogen-bond acceptors (Lipinski definition) is 4. The van der Waals surface area contributed by atoms with Crippen molar-refractivity contribution >= 4 is 57.1 Å². The minimum Gasteiger partial charge on any atom is -0.488 e. The van der Waals surface area contributed by atoms with E-state index >= 15 is 0 Å². The van der Waals surface area contributed by atoms with E-state index in [1.165, 1.54) is 24.3 Å². The third kappa shape index (κ3) is 4.97. The van der Waals surface area contributed by atoms with Crippen LogP contribution in [0, 0.1) is 5.82 Å². The molecule has 1 aliphatic heterocycles. The molecule has 166 valence electrons. The number of amides is 4. The second-order valence-electron chi connectivity index (χ2n) is 7.01. The standard InChI is InChI=1S/C24H15BrClFN2O4/c25-18-12-15(7-10-21(18)33-13-14-5-8-16(26)9-6-14)11-17-22(30)28-24(32)29(23(17)31)20-4-2-1-3-19(20)27/h1-12H,13H2,(H,28,30,32)/b17-11-. The molecule has 0 saturated carbocycles. The van der Waals surface area contributed by atoms with Crippen LogP contribution >= 0.6 is 27.5 Å². The van der Waals surface area contributed by atoms with Gasteiger partial charge in [0.1, 0.15) is 23.7 Å². The lowest BCUT2D eigenvalue weighted by Crippen LogP contribution is -2.54. The van der Waals surface area contributed by atoms with Crippen molar-refractivity contribution in [2.75, 3.05) is 4.90 Å². The van der Waals surface area contributed by atoms with Crippen LogP contribution in [-0.2, 0) is 16.2 Å². The van der Waals surface area contributed by atoms with Crippen molar-refractivity contribution in [3.63, 3.8) is 0 Å². The maximum Gasteiger partial charge on any atom is 0.336 e. The Morgan fingerprint density at radius 3 is 2.45 bits per heavy atom. The number of imide groups is 2. The zero-order valence-corrected chi connectivity index (χ0v) is 19.2. The summed E-state index contributed by atoms with van der Waals surface area (Å²) in [6, 6.07) is 16.5. The van der Waals surface area contributed by atoms with Crippen LogP contribution in [0.3, 0.4) is 0 Å². The summed E-state index contributed by atoms with van der Waals surface area (Å²) in [6.45, 7) is 0.316. The SMILES string of the molecule is O=C1NC(=O)N(c2ccccc2F)C(=O)/C1=C\c1ccc(OCc2ccc(Cl)cc2)c(Br)c1. The molecule has 0 aromatic heterocycles. The number of rotatable bonds is 5. The van der Waals surface area contributed by atoms with Crippen LogP contribution < -0.4 is 15.0 Å². The zero-order valence-electron chi connectivity index (χ0n) is 16.8. The van der Waals surface area contributed by atoms with Gasteiger partial charge in [0.05, 0.1) is 10.2 Å². The number of para-hydroxylation sites is 1. The summed E-state index contributed by atoms with van der Waals surface area (Å²) in [7, 11) is 0. The number of anilines is 1. The second-order valence-corrected chi connectivity index (χ2v) is 8.31. The molecule has 0 bridgehead atoms.